The van der Waals surface area contributed by atoms with Gasteiger partial charge in [-0.25, -0.2) is 0 Å². The van der Waals surface area contributed by atoms with Crippen LogP contribution in [-0.2, 0) is 103 Å². The molecule has 3 atom stereocenters. The molecule has 217 valence electrons. The molecule has 0 unspecified atom stereocenters. The summed E-state index contributed by atoms with van der Waals surface area (Å²) in [5, 5.41) is 7.84. The molecule has 0 spiro atoms. The summed E-state index contributed by atoms with van der Waals surface area (Å²) < 4.78 is 0. The number of hydrogen-bond donors (Lipinski definition) is 4. The fourth-order valence-corrected chi connectivity index (χ4v) is 2.99. The maximum atomic E-state index is 12.5. The van der Waals surface area contributed by atoms with E-state index in [9.17, 15) is 19.2 Å². The minimum absolute atomic E-state index is 0. The minimum atomic E-state index is -1.03. The molecule has 0 aromatic rings. The Balaban J connectivity index is -0.000000512. The third-order valence-electron chi connectivity index (χ3n) is 4.99. The van der Waals surface area contributed by atoms with Crippen molar-refractivity contribution in [2.75, 3.05) is 26.2 Å². The third kappa shape index (κ3) is 29.6. The monoisotopic (exact) mass is 1240 g/mol. The zero-order chi connectivity index (χ0) is 25.1. The van der Waals surface area contributed by atoms with E-state index in [0.717, 1.165) is 0 Å². The fraction of sp³-hybridized carbons (Fsp3) is 0.810. The van der Waals surface area contributed by atoms with Crippen molar-refractivity contribution in [2.24, 2.45) is 5.73 Å². The Kier molecular flexibility index (Phi) is 49.0. The van der Waals surface area contributed by atoms with Gasteiger partial charge in [0.1, 0.15) is 6.04 Å². The third-order valence-corrected chi connectivity index (χ3v) is 4.99. The van der Waals surface area contributed by atoms with Crippen LogP contribution in [0.15, 0.2) is 0 Å². The molecule has 0 fully saturated rings. The maximum Gasteiger partial charge on any atom is 0.242 e. The molecule has 0 saturated carbocycles. The first-order valence-electron chi connectivity index (χ1n) is 11.6. The summed E-state index contributed by atoms with van der Waals surface area (Å²) in [4.78, 5) is 47.5. The van der Waals surface area contributed by atoms with Crippen molar-refractivity contribution in [1.29, 1.82) is 0 Å². The predicted molar refractivity (Wildman–Crippen MR) is 134 cm³/mol. The zero-order valence-corrected chi connectivity index (χ0v) is 36.8. The number of primary amides is 1. The zero-order valence-electron chi connectivity index (χ0n) is 22.0. The predicted octanol–water partition coefficient (Wildman–Crippen LogP) is 1.65. The Hall–Kier alpha value is 2.11. The van der Waals surface area contributed by atoms with Gasteiger partial charge in [-0.15, -0.1) is 0 Å². The Morgan fingerprint density at radius 1 is 0.632 bits per heavy atom. The number of carbonyl (C=O) groups excluding carboxylic acids is 4. The number of unbranched alkanes of at least 4 members (excludes halogenated alkanes) is 3. The van der Waals surface area contributed by atoms with Crippen molar-refractivity contribution >= 4 is 75.0 Å². The summed E-state index contributed by atoms with van der Waals surface area (Å²) in [6.45, 7) is 0.913. The molecule has 0 aliphatic rings. The molecule has 17 heteroatoms. The molecular weight excluding hydrogens is 1200 g/mol. The van der Waals surface area contributed by atoms with E-state index in [4.69, 9.17) is 28.7 Å². The normalized spacial score (nSPS) is 11.8. The largest absolute Gasteiger partial charge is 0.677 e. The van der Waals surface area contributed by atoms with Gasteiger partial charge in [0, 0.05) is 155 Å². The van der Waals surface area contributed by atoms with Gasteiger partial charge in [-0.3, -0.25) is 19.2 Å². The van der Waals surface area contributed by atoms with Gasteiger partial charge < -0.3 is 44.6 Å². The van der Waals surface area contributed by atoms with Gasteiger partial charge in [-0.2, -0.15) is 13.1 Å². The molecule has 0 saturated heterocycles. The summed E-state index contributed by atoms with van der Waals surface area (Å²) in [5.74, 6) is -1.95. The molecular formula is C21H40KN8O4W4-4. The number of rotatable bonds is 20. The fourth-order valence-electron chi connectivity index (χ4n) is 2.99. The standard InChI is InChI=1S/C21H40N8O4.K.4W/c22-11-4-1-7-15(24)19(31)27-13-6-3-9-17(21(33)28-14-10-18(26)30)29-20(32)16(25)8-2-5-12-23;;;;;/h15-17,22-25H,1-14H2,(H2,26,30)(H,27,31)(H,28,33)(H,29,32);;;;;/q-4;;;;;/t15-,16-,17-;;;;;/m0...../s1. The SMILES string of the molecule is [K].[NH-]CCCC[C@H]([NH-])C(=O)NCCCC[C@H](NC(=O)[C@@H]([NH-])CCCC[NH-])C(=O)NCCC(N)=O.[W].[W].[W].[W]. The quantitative estimate of drug-likeness (QED) is 0.105. The van der Waals surface area contributed by atoms with E-state index in [-0.39, 0.29) is 174 Å². The summed E-state index contributed by atoms with van der Waals surface area (Å²) in [6.07, 6.45) is 4.56. The molecule has 0 aliphatic carbocycles. The van der Waals surface area contributed by atoms with Gasteiger partial charge in [0.2, 0.25) is 23.6 Å². The van der Waals surface area contributed by atoms with Crippen LogP contribution in [0, 0.1) is 0 Å². The summed E-state index contributed by atoms with van der Waals surface area (Å²) >= 11 is 0. The van der Waals surface area contributed by atoms with Gasteiger partial charge in [0.15, 0.2) is 0 Å². The van der Waals surface area contributed by atoms with Gasteiger partial charge in [-0.1, -0.05) is 50.6 Å². The molecule has 0 bridgehead atoms. The van der Waals surface area contributed by atoms with Crippen LogP contribution in [0.25, 0.3) is 22.9 Å². The number of amides is 4. The maximum absolute atomic E-state index is 12.5. The molecule has 12 nitrogen and oxygen atoms in total. The second kappa shape index (κ2) is 35.3. The van der Waals surface area contributed by atoms with Gasteiger partial charge >= 0.3 is 0 Å². The molecule has 0 aliphatic heterocycles. The van der Waals surface area contributed by atoms with Gasteiger partial charge in [-0.05, 0) is 19.3 Å². The topological polar surface area (TPSA) is 226 Å². The molecule has 0 aromatic carbocycles. The number of carbonyl (C=O) groups is 4. The molecule has 1 radical (unpaired) electrons. The van der Waals surface area contributed by atoms with Gasteiger partial charge in [0.05, 0.1) is 0 Å². The second-order valence-corrected chi connectivity index (χ2v) is 7.95. The molecule has 38 heavy (non-hydrogen) atoms. The first-order valence-corrected chi connectivity index (χ1v) is 11.6. The van der Waals surface area contributed by atoms with Crippen molar-refractivity contribution < 1.29 is 103 Å². The molecule has 0 rings (SSSR count). The van der Waals surface area contributed by atoms with Crippen LogP contribution in [0.4, 0.5) is 0 Å². The van der Waals surface area contributed by atoms with Crippen molar-refractivity contribution in [3.8, 4) is 0 Å². The summed E-state index contributed by atoms with van der Waals surface area (Å²) in [7, 11) is 0. The van der Waals surface area contributed by atoms with E-state index < -0.39 is 35.8 Å². The van der Waals surface area contributed by atoms with Crippen molar-refractivity contribution in [3.63, 3.8) is 0 Å². The van der Waals surface area contributed by atoms with E-state index in [1.807, 2.05) is 0 Å². The van der Waals surface area contributed by atoms with Crippen LogP contribution in [-0.4, -0.2) is 119 Å². The average molecular weight is 1240 g/mol. The Morgan fingerprint density at radius 3 is 1.55 bits per heavy atom. The minimum Gasteiger partial charge on any atom is -0.677 e. The Labute approximate surface area is 327 Å². The van der Waals surface area contributed by atoms with E-state index in [2.05, 4.69) is 16.0 Å². The Bertz CT molecular complexity index is 616. The van der Waals surface area contributed by atoms with Crippen LogP contribution >= 0.6 is 0 Å². The molecule has 0 aromatic heterocycles. The van der Waals surface area contributed by atoms with Gasteiger partial charge in [0.25, 0.3) is 0 Å². The molecule has 4 amide bonds. The second-order valence-electron chi connectivity index (χ2n) is 7.95. The summed E-state index contributed by atoms with van der Waals surface area (Å²) in [5.41, 5.74) is 35.0. The molecule has 0 heterocycles. The van der Waals surface area contributed by atoms with Crippen molar-refractivity contribution in [1.82, 2.24) is 16.0 Å². The smallest absolute Gasteiger partial charge is 0.242 e. The molecule has 9 N–H and O–H groups in total. The van der Waals surface area contributed by atoms with Crippen LogP contribution in [0.5, 0.6) is 0 Å². The number of hydrogen-bond acceptors (Lipinski definition) is 4. The van der Waals surface area contributed by atoms with Crippen LogP contribution < -0.4 is 21.7 Å². The average Bonchev–Trinajstić information content (AvgIpc) is 2.77. The number of nitrogens with one attached hydrogen (secondary N) is 7. The van der Waals surface area contributed by atoms with E-state index in [1.54, 1.807) is 0 Å². The van der Waals surface area contributed by atoms with E-state index in [0.29, 0.717) is 57.9 Å². The summed E-state index contributed by atoms with van der Waals surface area (Å²) in [6, 6.07) is -2.76. The first-order chi connectivity index (χ1) is 15.7. The van der Waals surface area contributed by atoms with Crippen molar-refractivity contribution in [3.05, 3.63) is 22.9 Å². The van der Waals surface area contributed by atoms with E-state index in [1.165, 1.54) is 0 Å². The van der Waals surface area contributed by atoms with Crippen molar-refractivity contribution in [2.45, 2.75) is 82.3 Å². The van der Waals surface area contributed by atoms with Crippen LogP contribution in [0.1, 0.15) is 64.2 Å². The number of nitrogens with two attached hydrogens (primary N) is 1. The Morgan fingerprint density at radius 2 is 1.08 bits per heavy atom. The van der Waals surface area contributed by atoms with E-state index >= 15 is 0 Å². The van der Waals surface area contributed by atoms with Crippen LogP contribution in [0.2, 0.25) is 0 Å². The first kappa shape index (κ1) is 52.7. The van der Waals surface area contributed by atoms with Crippen LogP contribution in [0.3, 0.4) is 0 Å².